The van der Waals surface area contributed by atoms with Crippen molar-refractivity contribution in [3.63, 3.8) is 0 Å². The summed E-state index contributed by atoms with van der Waals surface area (Å²) >= 11 is 0. The van der Waals surface area contributed by atoms with Crippen LogP contribution in [0.3, 0.4) is 0 Å². The van der Waals surface area contributed by atoms with E-state index in [-0.39, 0.29) is 43.9 Å². The summed E-state index contributed by atoms with van der Waals surface area (Å²) in [4.78, 5) is 28.9. The molecule has 3 aromatic rings. The molecule has 2 heterocycles. The summed E-state index contributed by atoms with van der Waals surface area (Å²) < 4.78 is 88.4. The average molecular weight is 540 g/mol. The van der Waals surface area contributed by atoms with E-state index in [4.69, 9.17) is 9.15 Å². The molecule has 2 aromatic carbocycles. The molecular formula is C26H22F6N2O4. The highest BCUT2D eigenvalue weighted by Crippen LogP contribution is 2.30. The first-order valence-electron chi connectivity index (χ1n) is 11.5. The number of hydrogen-bond acceptors (Lipinski definition) is 4. The number of carbonyl (C=O) groups is 2. The summed E-state index contributed by atoms with van der Waals surface area (Å²) in [6.45, 7) is 0.354. The molecule has 0 N–H and O–H groups in total. The van der Waals surface area contributed by atoms with Crippen molar-refractivity contribution >= 4 is 11.8 Å². The van der Waals surface area contributed by atoms with Gasteiger partial charge in [-0.25, -0.2) is 0 Å². The minimum absolute atomic E-state index is 0.000430. The first kappa shape index (κ1) is 27.2. The van der Waals surface area contributed by atoms with E-state index < -0.39 is 41.4 Å². The summed E-state index contributed by atoms with van der Waals surface area (Å²) in [6, 6.07) is 10.9. The van der Waals surface area contributed by atoms with Crippen LogP contribution in [0.15, 0.2) is 71.3 Å². The van der Waals surface area contributed by atoms with Crippen LogP contribution < -0.4 is 0 Å². The van der Waals surface area contributed by atoms with Gasteiger partial charge in [0.2, 0.25) is 0 Å². The van der Waals surface area contributed by atoms with Gasteiger partial charge in [-0.05, 0) is 60.7 Å². The van der Waals surface area contributed by atoms with Crippen LogP contribution in [0.5, 0.6) is 0 Å². The van der Waals surface area contributed by atoms with Gasteiger partial charge >= 0.3 is 12.4 Å². The molecule has 0 radical (unpaired) electrons. The Labute approximate surface area is 213 Å². The van der Waals surface area contributed by atoms with E-state index in [1.54, 1.807) is 12.1 Å². The first-order chi connectivity index (χ1) is 17.9. The van der Waals surface area contributed by atoms with Crippen molar-refractivity contribution in [1.29, 1.82) is 0 Å². The van der Waals surface area contributed by atoms with E-state index in [1.165, 1.54) is 16.1 Å². The van der Waals surface area contributed by atoms with E-state index in [1.807, 2.05) is 0 Å². The Morgan fingerprint density at radius 3 is 1.97 bits per heavy atom. The van der Waals surface area contributed by atoms with Crippen molar-refractivity contribution in [2.75, 3.05) is 26.2 Å². The highest BCUT2D eigenvalue weighted by molar-refractivity contribution is 5.95. The molecule has 0 bridgehead atoms. The normalized spacial score (nSPS) is 16.4. The molecule has 6 nitrogen and oxygen atoms in total. The van der Waals surface area contributed by atoms with Gasteiger partial charge in [-0.15, -0.1) is 0 Å². The van der Waals surface area contributed by atoms with Gasteiger partial charge in [0, 0.05) is 30.8 Å². The van der Waals surface area contributed by atoms with E-state index in [0.29, 0.717) is 5.76 Å². The molecule has 1 atom stereocenters. The lowest BCUT2D eigenvalue weighted by atomic mass is 10.1. The standard InChI is InChI=1S/C26H22F6N2O4/c27-25(28,29)19-7-3-17(4-8-19)23(35)33-11-13-38-22(15-33)16-34(14-21-2-1-12-37-21)24(36)18-5-9-20(10-6-18)26(30,31)32/h1-10,12,22H,11,13-16H2. The van der Waals surface area contributed by atoms with Crippen LogP contribution in [0.2, 0.25) is 0 Å². The van der Waals surface area contributed by atoms with Crippen molar-refractivity contribution in [2.45, 2.75) is 25.0 Å². The van der Waals surface area contributed by atoms with Gasteiger partial charge in [0.25, 0.3) is 11.8 Å². The minimum atomic E-state index is -4.55. The highest BCUT2D eigenvalue weighted by atomic mass is 19.4. The number of morpholine rings is 1. The summed E-state index contributed by atoms with van der Waals surface area (Å²) in [5, 5.41) is 0. The Kier molecular flexibility index (Phi) is 7.81. The number of amides is 2. The van der Waals surface area contributed by atoms with Gasteiger partial charge < -0.3 is 19.0 Å². The fraction of sp³-hybridized carbons (Fsp3) is 0.308. The molecule has 4 rings (SSSR count). The van der Waals surface area contributed by atoms with Crippen LogP contribution in [0.4, 0.5) is 26.3 Å². The van der Waals surface area contributed by atoms with Gasteiger partial charge in [-0.2, -0.15) is 26.3 Å². The zero-order chi connectivity index (χ0) is 27.5. The summed E-state index contributed by atoms with van der Waals surface area (Å²) in [5.41, 5.74) is -1.66. The Morgan fingerprint density at radius 2 is 1.45 bits per heavy atom. The quantitative estimate of drug-likeness (QED) is 0.388. The molecule has 1 saturated heterocycles. The molecule has 1 aliphatic rings. The molecular weight excluding hydrogens is 518 g/mol. The molecule has 12 heteroatoms. The lowest BCUT2D eigenvalue weighted by molar-refractivity contribution is -0.138. The number of benzene rings is 2. The molecule has 2 amide bonds. The van der Waals surface area contributed by atoms with Crippen LogP contribution in [0, 0.1) is 0 Å². The van der Waals surface area contributed by atoms with Crippen molar-refractivity contribution in [2.24, 2.45) is 0 Å². The van der Waals surface area contributed by atoms with E-state index in [9.17, 15) is 35.9 Å². The third-order valence-electron chi connectivity index (χ3n) is 5.98. The van der Waals surface area contributed by atoms with Gasteiger partial charge in [0.1, 0.15) is 5.76 Å². The Balaban J connectivity index is 1.48. The summed E-state index contributed by atoms with van der Waals surface area (Å²) in [7, 11) is 0. The number of nitrogens with zero attached hydrogens (tertiary/aromatic N) is 2. The number of rotatable bonds is 6. The third kappa shape index (κ3) is 6.55. The Bertz CT molecular complexity index is 1240. The zero-order valence-electron chi connectivity index (χ0n) is 19.8. The van der Waals surface area contributed by atoms with Gasteiger partial charge in [-0.3, -0.25) is 9.59 Å². The fourth-order valence-electron chi connectivity index (χ4n) is 4.04. The number of alkyl halides is 6. The third-order valence-corrected chi connectivity index (χ3v) is 5.98. The Hall–Kier alpha value is -3.80. The van der Waals surface area contributed by atoms with Crippen LogP contribution >= 0.6 is 0 Å². The predicted molar refractivity (Wildman–Crippen MR) is 122 cm³/mol. The lowest BCUT2D eigenvalue weighted by Gasteiger charge is -2.35. The smallest absolute Gasteiger partial charge is 0.416 e. The largest absolute Gasteiger partial charge is 0.467 e. The average Bonchev–Trinajstić information content (AvgIpc) is 3.40. The number of halogens is 6. The number of hydrogen-bond donors (Lipinski definition) is 0. The van der Waals surface area contributed by atoms with Crippen LogP contribution in [-0.2, 0) is 23.6 Å². The van der Waals surface area contributed by atoms with E-state index in [0.717, 1.165) is 48.5 Å². The molecule has 0 aliphatic carbocycles. The maximum atomic E-state index is 13.2. The second kappa shape index (κ2) is 10.9. The summed E-state index contributed by atoms with van der Waals surface area (Å²) in [6.07, 6.45) is -8.31. The number of furan rings is 1. The lowest BCUT2D eigenvalue weighted by Crippen LogP contribution is -2.50. The van der Waals surface area contributed by atoms with Crippen LogP contribution in [-0.4, -0.2) is 54.0 Å². The molecule has 1 aromatic heterocycles. The van der Waals surface area contributed by atoms with Gasteiger partial charge in [0.05, 0.1) is 36.6 Å². The second-order valence-corrected chi connectivity index (χ2v) is 8.66. The zero-order valence-corrected chi connectivity index (χ0v) is 19.8. The maximum Gasteiger partial charge on any atom is 0.416 e. The fourth-order valence-corrected chi connectivity index (χ4v) is 4.04. The van der Waals surface area contributed by atoms with Gasteiger partial charge in [-0.1, -0.05) is 0 Å². The van der Waals surface area contributed by atoms with Crippen molar-refractivity contribution in [3.8, 4) is 0 Å². The molecule has 38 heavy (non-hydrogen) atoms. The first-order valence-corrected chi connectivity index (χ1v) is 11.5. The molecule has 0 spiro atoms. The van der Waals surface area contributed by atoms with Crippen LogP contribution in [0.1, 0.15) is 37.6 Å². The van der Waals surface area contributed by atoms with Crippen LogP contribution in [0.25, 0.3) is 0 Å². The Morgan fingerprint density at radius 1 is 0.868 bits per heavy atom. The topological polar surface area (TPSA) is 63.0 Å². The summed E-state index contributed by atoms with van der Waals surface area (Å²) in [5.74, 6) is -0.623. The van der Waals surface area contributed by atoms with Gasteiger partial charge in [0.15, 0.2) is 0 Å². The van der Waals surface area contributed by atoms with Crippen molar-refractivity contribution in [1.82, 2.24) is 9.80 Å². The van der Waals surface area contributed by atoms with Crippen molar-refractivity contribution < 1.29 is 45.1 Å². The molecule has 1 unspecified atom stereocenters. The molecule has 202 valence electrons. The predicted octanol–water partition coefficient (Wildman–Crippen LogP) is 5.50. The highest BCUT2D eigenvalue weighted by Gasteiger charge is 2.33. The minimum Gasteiger partial charge on any atom is -0.467 e. The monoisotopic (exact) mass is 540 g/mol. The van der Waals surface area contributed by atoms with Crippen molar-refractivity contribution in [3.05, 3.63) is 94.9 Å². The molecule has 1 fully saturated rings. The van der Waals surface area contributed by atoms with E-state index in [2.05, 4.69) is 0 Å². The number of carbonyl (C=O) groups excluding carboxylic acids is 2. The number of ether oxygens (including phenoxy) is 1. The SMILES string of the molecule is O=C(c1ccc(C(F)(F)F)cc1)N1CCOC(CN(Cc2ccco2)C(=O)c2ccc(C(F)(F)F)cc2)C1. The molecule has 1 aliphatic heterocycles. The molecule has 0 saturated carbocycles. The second-order valence-electron chi connectivity index (χ2n) is 8.66. The van der Waals surface area contributed by atoms with E-state index >= 15 is 0 Å². The maximum absolute atomic E-state index is 13.2.